The van der Waals surface area contributed by atoms with E-state index in [0.29, 0.717) is 10.8 Å². The number of fused-ring (bicyclic) bond motifs is 1. The molecule has 0 amide bonds. The number of aromatic nitrogens is 2. The van der Waals surface area contributed by atoms with Crippen LogP contribution in [0.1, 0.15) is 0 Å². The van der Waals surface area contributed by atoms with Crippen LogP contribution in [0.5, 0.6) is 0 Å². The molecular formula is C7H6ClN3. The average molecular weight is 168 g/mol. The third-order valence-electron chi connectivity index (χ3n) is 1.44. The lowest BCUT2D eigenvalue weighted by Gasteiger charge is -1.90. The minimum Gasteiger partial charge on any atom is -0.382 e. The highest BCUT2D eigenvalue weighted by Crippen LogP contribution is 2.12. The van der Waals surface area contributed by atoms with Crippen molar-refractivity contribution < 1.29 is 0 Å². The quantitative estimate of drug-likeness (QED) is 0.647. The number of hydrogen-bond acceptors (Lipinski definition) is 2. The monoisotopic (exact) mass is 167 g/mol. The van der Waals surface area contributed by atoms with Gasteiger partial charge in [-0.15, -0.1) is 0 Å². The van der Waals surface area contributed by atoms with Crippen molar-refractivity contribution in [2.24, 2.45) is 0 Å². The molecule has 0 spiro atoms. The molecule has 2 rings (SSSR count). The molecule has 56 valence electrons. The predicted octanol–water partition coefficient (Wildman–Crippen LogP) is 1.57. The van der Waals surface area contributed by atoms with E-state index < -0.39 is 0 Å². The molecule has 0 aromatic carbocycles. The maximum absolute atomic E-state index is 5.73. The van der Waals surface area contributed by atoms with E-state index in [1.165, 1.54) is 0 Å². The maximum Gasteiger partial charge on any atom is 0.142 e. The largest absolute Gasteiger partial charge is 0.382 e. The number of imidazole rings is 1. The van der Waals surface area contributed by atoms with Crippen molar-refractivity contribution >= 4 is 23.1 Å². The molecule has 0 saturated heterocycles. The van der Waals surface area contributed by atoms with E-state index >= 15 is 0 Å². The van der Waals surface area contributed by atoms with Crippen LogP contribution in [0.15, 0.2) is 24.5 Å². The Hall–Kier alpha value is -1.22. The van der Waals surface area contributed by atoms with Gasteiger partial charge in [-0.1, -0.05) is 11.6 Å². The summed E-state index contributed by atoms with van der Waals surface area (Å²) in [5.41, 5.74) is 6.24. The molecule has 0 atom stereocenters. The van der Waals surface area contributed by atoms with Gasteiger partial charge in [0, 0.05) is 17.3 Å². The van der Waals surface area contributed by atoms with Gasteiger partial charge in [-0.3, -0.25) is 0 Å². The van der Waals surface area contributed by atoms with Crippen molar-refractivity contribution in [2.75, 3.05) is 5.73 Å². The van der Waals surface area contributed by atoms with Crippen LogP contribution in [0.25, 0.3) is 5.65 Å². The lowest BCUT2D eigenvalue weighted by molar-refractivity contribution is 1.19. The van der Waals surface area contributed by atoms with Gasteiger partial charge in [-0.2, -0.15) is 0 Å². The standard InChI is InChI=1S/C7H6ClN3/c8-5-1-2-11-4-6(9)10-7(11)3-5/h1-4H,9H2. The molecule has 4 heteroatoms. The fourth-order valence-electron chi connectivity index (χ4n) is 0.977. The van der Waals surface area contributed by atoms with Crippen LogP contribution in [0.4, 0.5) is 5.82 Å². The molecule has 0 saturated carbocycles. The van der Waals surface area contributed by atoms with Gasteiger partial charge in [-0.05, 0) is 6.07 Å². The molecule has 0 aliphatic heterocycles. The summed E-state index contributed by atoms with van der Waals surface area (Å²) >= 11 is 5.73. The molecule has 2 aromatic heterocycles. The minimum absolute atomic E-state index is 0.507. The number of pyridine rings is 1. The molecule has 0 aliphatic rings. The molecule has 11 heavy (non-hydrogen) atoms. The Labute approximate surface area is 68.4 Å². The second kappa shape index (κ2) is 2.13. The lowest BCUT2D eigenvalue weighted by atomic mass is 10.5. The Balaban J connectivity index is 2.82. The number of nitrogens with two attached hydrogens (primary N) is 1. The number of rotatable bonds is 0. The molecule has 2 aromatic rings. The maximum atomic E-state index is 5.73. The van der Waals surface area contributed by atoms with Crippen LogP contribution >= 0.6 is 11.6 Å². The van der Waals surface area contributed by atoms with E-state index in [2.05, 4.69) is 4.98 Å². The Bertz CT molecular complexity index is 393. The average Bonchev–Trinajstić information content (AvgIpc) is 2.27. The summed E-state index contributed by atoms with van der Waals surface area (Å²) in [6.45, 7) is 0. The zero-order valence-electron chi connectivity index (χ0n) is 5.66. The molecule has 0 radical (unpaired) electrons. The Morgan fingerprint density at radius 3 is 3.18 bits per heavy atom. The summed E-state index contributed by atoms with van der Waals surface area (Å²) in [6, 6.07) is 3.55. The predicted molar refractivity (Wildman–Crippen MR) is 44.6 cm³/mol. The van der Waals surface area contributed by atoms with E-state index in [0.717, 1.165) is 5.65 Å². The van der Waals surface area contributed by atoms with Crippen molar-refractivity contribution in [1.29, 1.82) is 0 Å². The normalized spacial score (nSPS) is 10.6. The second-order valence-corrected chi connectivity index (χ2v) is 2.71. The third-order valence-corrected chi connectivity index (χ3v) is 1.68. The van der Waals surface area contributed by atoms with E-state index in [1.807, 2.05) is 10.6 Å². The van der Waals surface area contributed by atoms with Crippen LogP contribution in [0, 0.1) is 0 Å². The summed E-state index contributed by atoms with van der Waals surface area (Å²) in [5.74, 6) is 0.507. The second-order valence-electron chi connectivity index (χ2n) is 2.28. The third kappa shape index (κ3) is 1.03. The SMILES string of the molecule is Nc1cn2ccc(Cl)cc2n1. The topological polar surface area (TPSA) is 43.3 Å². The van der Waals surface area contributed by atoms with E-state index in [-0.39, 0.29) is 0 Å². The molecule has 3 nitrogen and oxygen atoms in total. The number of halogens is 1. The molecule has 2 heterocycles. The molecule has 0 bridgehead atoms. The van der Waals surface area contributed by atoms with Crippen molar-refractivity contribution in [3.05, 3.63) is 29.5 Å². The summed E-state index contributed by atoms with van der Waals surface area (Å²) in [6.07, 6.45) is 3.56. The van der Waals surface area contributed by atoms with Gasteiger partial charge in [0.15, 0.2) is 0 Å². The van der Waals surface area contributed by atoms with Crippen LogP contribution in [0.2, 0.25) is 5.02 Å². The highest BCUT2D eigenvalue weighted by molar-refractivity contribution is 6.30. The fourth-order valence-corrected chi connectivity index (χ4v) is 1.13. The van der Waals surface area contributed by atoms with Crippen molar-refractivity contribution in [2.45, 2.75) is 0 Å². The molecule has 0 aliphatic carbocycles. The van der Waals surface area contributed by atoms with Gasteiger partial charge in [-0.25, -0.2) is 4.98 Å². The van der Waals surface area contributed by atoms with E-state index in [9.17, 15) is 0 Å². The van der Waals surface area contributed by atoms with Gasteiger partial charge in [0.25, 0.3) is 0 Å². The van der Waals surface area contributed by atoms with E-state index in [1.54, 1.807) is 18.3 Å². The molecular weight excluding hydrogens is 162 g/mol. The number of hydrogen-bond donors (Lipinski definition) is 1. The van der Waals surface area contributed by atoms with E-state index in [4.69, 9.17) is 17.3 Å². The van der Waals surface area contributed by atoms with Crippen molar-refractivity contribution in [3.63, 3.8) is 0 Å². The Kier molecular flexibility index (Phi) is 1.26. The van der Waals surface area contributed by atoms with Crippen molar-refractivity contribution in [1.82, 2.24) is 9.38 Å². The van der Waals surface area contributed by atoms with Crippen LogP contribution in [0.3, 0.4) is 0 Å². The van der Waals surface area contributed by atoms with Gasteiger partial charge >= 0.3 is 0 Å². The van der Waals surface area contributed by atoms with Crippen molar-refractivity contribution in [3.8, 4) is 0 Å². The molecule has 0 fully saturated rings. The number of nitrogen functional groups attached to an aromatic ring is 1. The molecule has 0 unspecified atom stereocenters. The number of anilines is 1. The van der Waals surface area contributed by atoms with Crippen LogP contribution in [-0.4, -0.2) is 9.38 Å². The van der Waals surface area contributed by atoms with Gasteiger partial charge in [0.1, 0.15) is 11.5 Å². The summed E-state index contributed by atoms with van der Waals surface area (Å²) < 4.78 is 1.82. The first-order chi connectivity index (χ1) is 5.25. The Morgan fingerprint density at radius 2 is 2.36 bits per heavy atom. The molecule has 2 N–H and O–H groups in total. The zero-order valence-corrected chi connectivity index (χ0v) is 6.42. The highest BCUT2D eigenvalue weighted by atomic mass is 35.5. The summed E-state index contributed by atoms with van der Waals surface area (Å²) in [4.78, 5) is 4.03. The van der Waals surface area contributed by atoms with Crippen LogP contribution < -0.4 is 5.73 Å². The van der Waals surface area contributed by atoms with Gasteiger partial charge < -0.3 is 10.1 Å². The Morgan fingerprint density at radius 1 is 1.55 bits per heavy atom. The van der Waals surface area contributed by atoms with Crippen LogP contribution in [-0.2, 0) is 0 Å². The first kappa shape index (κ1) is 6.49. The number of nitrogens with zero attached hydrogens (tertiary/aromatic N) is 2. The summed E-state index contributed by atoms with van der Waals surface area (Å²) in [7, 11) is 0. The van der Waals surface area contributed by atoms with Gasteiger partial charge in [0.2, 0.25) is 0 Å². The summed E-state index contributed by atoms with van der Waals surface area (Å²) in [5, 5.41) is 0.670. The smallest absolute Gasteiger partial charge is 0.142 e. The van der Waals surface area contributed by atoms with Gasteiger partial charge in [0.05, 0.1) is 6.20 Å². The lowest BCUT2D eigenvalue weighted by Crippen LogP contribution is -1.80. The fraction of sp³-hybridized carbons (Fsp3) is 0. The first-order valence-corrected chi connectivity index (χ1v) is 3.53. The zero-order chi connectivity index (χ0) is 7.84. The minimum atomic E-state index is 0.507. The first-order valence-electron chi connectivity index (χ1n) is 3.15. The highest BCUT2D eigenvalue weighted by Gasteiger charge is 1.96.